The van der Waals surface area contributed by atoms with E-state index in [1.165, 1.54) is 38.5 Å². The number of ketones is 1. The number of carbonyl (C=O) groups is 3. The molecule has 8 atom stereocenters. The fourth-order valence-electron chi connectivity index (χ4n) is 9.48. The Balaban J connectivity index is 1.40. The predicted octanol–water partition coefficient (Wildman–Crippen LogP) is 6.27. The first kappa shape index (κ1) is 35.5. The number of ether oxygens (including phenoxy) is 2. The Morgan fingerprint density at radius 2 is 1.60 bits per heavy atom. The van der Waals surface area contributed by atoms with Crippen molar-refractivity contribution in [1.82, 2.24) is 0 Å². The summed E-state index contributed by atoms with van der Waals surface area (Å²) >= 11 is 0. The molecule has 4 aliphatic carbocycles. The third-order valence-corrected chi connectivity index (χ3v) is 12.0. The van der Waals surface area contributed by atoms with Crippen LogP contribution in [0.1, 0.15) is 116 Å². The van der Waals surface area contributed by atoms with Gasteiger partial charge in [-0.25, -0.2) is 4.79 Å². The number of fused-ring (bicyclic) bond motifs is 3. The first-order valence-corrected chi connectivity index (χ1v) is 17.8. The second-order valence-corrected chi connectivity index (χ2v) is 15.2. The summed E-state index contributed by atoms with van der Waals surface area (Å²) < 4.78 is 12.3. The first-order chi connectivity index (χ1) is 22.3. The zero-order valence-corrected chi connectivity index (χ0v) is 28.8. The van der Waals surface area contributed by atoms with Gasteiger partial charge < -0.3 is 24.8 Å². The van der Waals surface area contributed by atoms with Crippen LogP contribution in [0.25, 0.3) is 0 Å². The van der Waals surface area contributed by atoms with Crippen molar-refractivity contribution < 1.29 is 39.2 Å². The highest BCUT2D eigenvalue weighted by Gasteiger charge is 2.83. The quantitative estimate of drug-likeness (QED) is 0.122. The molecule has 2 fully saturated rings. The van der Waals surface area contributed by atoms with E-state index in [4.69, 9.17) is 9.47 Å². The van der Waals surface area contributed by atoms with E-state index in [0.29, 0.717) is 12.0 Å². The van der Waals surface area contributed by atoms with Gasteiger partial charge in [0.25, 0.3) is 0 Å². The van der Waals surface area contributed by atoms with Gasteiger partial charge in [-0.2, -0.15) is 0 Å². The van der Waals surface area contributed by atoms with Crippen LogP contribution in [-0.4, -0.2) is 63.1 Å². The Morgan fingerprint density at radius 1 is 0.979 bits per heavy atom. The van der Waals surface area contributed by atoms with Crippen molar-refractivity contribution in [3.05, 3.63) is 59.2 Å². The van der Waals surface area contributed by atoms with E-state index in [0.717, 1.165) is 19.3 Å². The van der Waals surface area contributed by atoms with Gasteiger partial charge in [0.05, 0.1) is 17.6 Å². The number of Topliss-reactive ketones (excluding diaryl/α,β-unsaturated/α-hetero) is 1. The van der Waals surface area contributed by atoms with Gasteiger partial charge in [-0.15, -0.1) is 0 Å². The molecule has 5 rings (SSSR count). The molecule has 2 saturated carbocycles. The van der Waals surface area contributed by atoms with Crippen LogP contribution in [-0.2, 0) is 19.1 Å². The molecule has 1 spiro atoms. The van der Waals surface area contributed by atoms with Crippen LogP contribution in [0, 0.1) is 28.6 Å². The standard InChI is InChI=1S/C39H54O8/c1-6-7-8-9-10-11-12-13-17-20-30(41)47-38-23-26(3)37-22-25(2)34(46-35(44)27-18-15-14-16-19-27)39(37,45)32(42)28(24-40)21-29(33(37)43)31(38)36(38,4)5/h14-16,18-19,21-22,26,29,31-32,34,40,42,45H,6-13,17,20,23-24H2,1-5H3/t26-,29+,31-,32-,34+,37+,38+,39+/m1/s1. The minimum atomic E-state index is -2.29. The van der Waals surface area contributed by atoms with Crippen molar-refractivity contribution in [3.8, 4) is 0 Å². The molecule has 0 aromatic heterocycles. The van der Waals surface area contributed by atoms with E-state index < -0.39 is 64.6 Å². The van der Waals surface area contributed by atoms with Gasteiger partial charge in [0.15, 0.2) is 17.5 Å². The smallest absolute Gasteiger partial charge is 0.338 e. The Morgan fingerprint density at radius 3 is 2.21 bits per heavy atom. The summed E-state index contributed by atoms with van der Waals surface area (Å²) in [5.41, 5.74) is -4.67. The van der Waals surface area contributed by atoms with Gasteiger partial charge in [0.1, 0.15) is 11.7 Å². The second-order valence-electron chi connectivity index (χ2n) is 15.2. The Bertz CT molecular complexity index is 1400. The molecule has 258 valence electrons. The number of unbranched alkanes of at least 4 members (excludes halogenated alkanes) is 8. The van der Waals surface area contributed by atoms with Crippen LogP contribution >= 0.6 is 0 Å². The molecule has 0 aliphatic heterocycles. The summed E-state index contributed by atoms with van der Waals surface area (Å²) in [5.74, 6) is -3.16. The summed E-state index contributed by atoms with van der Waals surface area (Å²) in [6.07, 6.45) is 11.1. The molecule has 8 heteroatoms. The van der Waals surface area contributed by atoms with Crippen LogP contribution in [0.3, 0.4) is 0 Å². The van der Waals surface area contributed by atoms with E-state index in [1.807, 2.05) is 20.8 Å². The number of rotatable bonds is 14. The van der Waals surface area contributed by atoms with Crippen LogP contribution < -0.4 is 0 Å². The Hall–Kier alpha value is -2.81. The molecule has 1 aromatic rings. The fraction of sp³-hybridized carbons (Fsp3) is 0.667. The summed E-state index contributed by atoms with van der Waals surface area (Å²) in [4.78, 5) is 41.6. The number of hydrogen-bond acceptors (Lipinski definition) is 8. The molecule has 0 saturated heterocycles. The van der Waals surface area contributed by atoms with E-state index in [1.54, 1.807) is 49.4 Å². The van der Waals surface area contributed by atoms with E-state index in [2.05, 4.69) is 6.92 Å². The normalized spacial score (nSPS) is 35.1. The molecule has 1 aromatic carbocycles. The van der Waals surface area contributed by atoms with Crippen molar-refractivity contribution >= 4 is 17.7 Å². The average Bonchev–Trinajstić information content (AvgIpc) is 3.44. The van der Waals surface area contributed by atoms with Crippen LogP contribution in [0.4, 0.5) is 0 Å². The van der Waals surface area contributed by atoms with Crippen molar-refractivity contribution in [2.75, 3.05) is 6.61 Å². The van der Waals surface area contributed by atoms with Crippen LogP contribution in [0.15, 0.2) is 53.6 Å². The topological polar surface area (TPSA) is 130 Å². The number of hydrogen-bond donors (Lipinski definition) is 3. The molecular weight excluding hydrogens is 596 g/mol. The highest BCUT2D eigenvalue weighted by atomic mass is 16.6. The summed E-state index contributed by atoms with van der Waals surface area (Å²) in [5, 5.41) is 35.0. The molecule has 3 N–H and O–H groups in total. The third-order valence-electron chi connectivity index (χ3n) is 12.0. The number of aliphatic hydroxyl groups excluding tert-OH is 2. The highest BCUT2D eigenvalue weighted by molar-refractivity contribution is 5.96. The highest BCUT2D eigenvalue weighted by Crippen LogP contribution is 2.75. The largest absolute Gasteiger partial charge is 0.458 e. The van der Waals surface area contributed by atoms with E-state index in [9.17, 15) is 29.7 Å². The van der Waals surface area contributed by atoms with Gasteiger partial charge in [-0.3, -0.25) is 9.59 Å². The number of allylic oxidation sites excluding steroid dienone is 1. The maximum absolute atomic E-state index is 14.9. The van der Waals surface area contributed by atoms with Crippen molar-refractivity contribution in [2.45, 2.75) is 129 Å². The molecular formula is C39H54O8. The maximum atomic E-state index is 14.9. The average molecular weight is 651 g/mol. The molecule has 4 aliphatic rings. The van der Waals surface area contributed by atoms with Crippen molar-refractivity contribution in [3.63, 3.8) is 0 Å². The fourth-order valence-corrected chi connectivity index (χ4v) is 9.48. The van der Waals surface area contributed by atoms with E-state index >= 15 is 0 Å². The molecule has 2 bridgehead atoms. The minimum Gasteiger partial charge on any atom is -0.458 e. The van der Waals surface area contributed by atoms with Crippen molar-refractivity contribution in [2.24, 2.45) is 28.6 Å². The maximum Gasteiger partial charge on any atom is 0.338 e. The van der Waals surface area contributed by atoms with Gasteiger partial charge in [0.2, 0.25) is 0 Å². The molecule has 0 unspecified atom stereocenters. The zero-order valence-electron chi connectivity index (χ0n) is 28.8. The number of carbonyl (C=O) groups excluding carboxylic acids is 3. The molecule has 0 radical (unpaired) electrons. The van der Waals surface area contributed by atoms with Gasteiger partial charge in [0, 0.05) is 23.7 Å². The predicted molar refractivity (Wildman–Crippen MR) is 178 cm³/mol. The van der Waals surface area contributed by atoms with E-state index in [-0.39, 0.29) is 29.3 Å². The minimum absolute atomic E-state index is 0.0864. The summed E-state index contributed by atoms with van der Waals surface area (Å²) in [6, 6.07) is 8.35. The second kappa shape index (κ2) is 13.6. The summed E-state index contributed by atoms with van der Waals surface area (Å²) in [7, 11) is 0. The molecule has 0 heterocycles. The van der Waals surface area contributed by atoms with Crippen LogP contribution in [0.2, 0.25) is 0 Å². The van der Waals surface area contributed by atoms with Crippen LogP contribution in [0.5, 0.6) is 0 Å². The lowest BCUT2D eigenvalue weighted by atomic mass is 9.59. The lowest BCUT2D eigenvalue weighted by molar-refractivity contribution is -0.192. The van der Waals surface area contributed by atoms with Gasteiger partial charge >= 0.3 is 11.9 Å². The summed E-state index contributed by atoms with van der Waals surface area (Å²) in [6.45, 7) is 9.14. The first-order valence-electron chi connectivity index (χ1n) is 17.8. The SMILES string of the molecule is CCCCCCCCCCCC(=O)O[C@@]12C[C@@H](C)[C@]34C=C(C)[C@H](OC(=O)c5ccccc5)[C@@]3(O)[C@H](O)C(CO)=C[C@H](C4=O)[C@@H]1C2(C)C. The van der Waals surface area contributed by atoms with Crippen molar-refractivity contribution in [1.29, 1.82) is 0 Å². The number of benzene rings is 1. The third kappa shape index (κ3) is 5.72. The lowest BCUT2D eigenvalue weighted by Crippen LogP contribution is -2.66. The molecule has 8 nitrogen and oxygen atoms in total. The Kier molecular flexibility index (Phi) is 10.3. The molecule has 47 heavy (non-hydrogen) atoms. The number of esters is 2. The van der Waals surface area contributed by atoms with Gasteiger partial charge in [-0.05, 0) is 49.0 Å². The Labute approximate surface area is 279 Å². The number of aliphatic hydroxyl groups is 3. The van der Waals surface area contributed by atoms with Gasteiger partial charge in [-0.1, -0.05) is 109 Å². The molecule has 0 amide bonds. The lowest BCUT2D eigenvalue weighted by Gasteiger charge is -2.49. The monoisotopic (exact) mass is 650 g/mol. The zero-order chi connectivity index (χ0) is 34.2.